The van der Waals surface area contributed by atoms with Crippen LogP contribution in [-0.2, 0) is 14.9 Å². The zero-order valence-corrected chi connectivity index (χ0v) is 18.0. The molecule has 2 aliphatic heterocycles. The first-order valence-corrected chi connectivity index (χ1v) is 11.2. The van der Waals surface area contributed by atoms with Crippen molar-refractivity contribution < 1.29 is 9.53 Å². The maximum atomic E-state index is 12.6. The number of piperazine rings is 1. The van der Waals surface area contributed by atoms with Crippen LogP contribution in [-0.4, -0.2) is 73.6 Å². The first-order valence-electron chi connectivity index (χ1n) is 10.8. The molecule has 29 heavy (non-hydrogen) atoms. The Kier molecular flexibility index (Phi) is 6.30. The Bertz CT molecular complexity index is 751. The molecule has 4 rings (SSSR count). The van der Waals surface area contributed by atoms with Gasteiger partial charge in [0.1, 0.15) is 6.10 Å². The van der Waals surface area contributed by atoms with Crippen molar-refractivity contribution in [1.82, 2.24) is 15.1 Å². The van der Waals surface area contributed by atoms with Gasteiger partial charge < -0.3 is 19.9 Å². The van der Waals surface area contributed by atoms with Gasteiger partial charge in [-0.3, -0.25) is 9.79 Å². The zero-order chi connectivity index (χ0) is 20.3. The molecule has 1 amide bonds. The molecule has 6 nitrogen and oxygen atoms in total. The number of carbonyl (C=O) groups is 1. The van der Waals surface area contributed by atoms with Gasteiger partial charge in [-0.1, -0.05) is 23.7 Å². The summed E-state index contributed by atoms with van der Waals surface area (Å²) in [6, 6.07) is 8.19. The van der Waals surface area contributed by atoms with Gasteiger partial charge in [-0.2, -0.15) is 0 Å². The number of rotatable bonds is 5. The molecule has 3 fully saturated rings. The predicted octanol–water partition coefficient (Wildman–Crippen LogP) is 2.66. The van der Waals surface area contributed by atoms with Gasteiger partial charge in [0.2, 0.25) is 0 Å². The summed E-state index contributed by atoms with van der Waals surface area (Å²) in [5.41, 5.74) is 1.42. The van der Waals surface area contributed by atoms with Crippen LogP contribution in [0.15, 0.2) is 29.3 Å². The Morgan fingerprint density at radius 1 is 1.28 bits per heavy atom. The third-order valence-corrected chi connectivity index (χ3v) is 6.49. The minimum atomic E-state index is -0.226. The third kappa shape index (κ3) is 4.69. The summed E-state index contributed by atoms with van der Waals surface area (Å²) in [5.74, 6) is 1.10. The lowest BCUT2D eigenvalue weighted by Gasteiger charge is -2.37. The number of aliphatic imine (C=N–C) groups is 1. The van der Waals surface area contributed by atoms with E-state index in [1.807, 2.05) is 17.0 Å². The second-order valence-corrected chi connectivity index (χ2v) is 8.71. The van der Waals surface area contributed by atoms with E-state index in [-0.39, 0.29) is 17.4 Å². The molecule has 1 aliphatic carbocycles. The van der Waals surface area contributed by atoms with Gasteiger partial charge >= 0.3 is 0 Å². The standard InChI is InChI=1S/C22H31ClN4O2/c1-2-24-21(25-16-22(8-9-22)17-5-3-6-18(23)15-17)27-12-10-26(11-13-27)20(28)19-7-4-14-29-19/h3,5-6,15,19H,2,4,7-14,16H2,1H3,(H,24,25). The molecule has 3 aliphatic rings. The quantitative estimate of drug-likeness (QED) is 0.590. The minimum absolute atomic E-state index is 0.128. The molecule has 0 bridgehead atoms. The van der Waals surface area contributed by atoms with E-state index < -0.39 is 0 Å². The fourth-order valence-electron chi connectivity index (χ4n) is 4.27. The molecule has 7 heteroatoms. The van der Waals surface area contributed by atoms with Gasteiger partial charge in [-0.05, 0) is 50.3 Å². The van der Waals surface area contributed by atoms with E-state index in [0.29, 0.717) is 6.61 Å². The molecule has 2 saturated heterocycles. The fraction of sp³-hybridized carbons (Fsp3) is 0.636. The largest absolute Gasteiger partial charge is 0.368 e. The Morgan fingerprint density at radius 2 is 2.03 bits per heavy atom. The van der Waals surface area contributed by atoms with E-state index >= 15 is 0 Å². The van der Waals surface area contributed by atoms with E-state index in [2.05, 4.69) is 29.3 Å². The number of amides is 1. The van der Waals surface area contributed by atoms with E-state index in [9.17, 15) is 4.79 Å². The van der Waals surface area contributed by atoms with Crippen molar-refractivity contribution in [3.8, 4) is 0 Å². The Balaban J connectivity index is 1.37. The zero-order valence-electron chi connectivity index (χ0n) is 17.2. The second-order valence-electron chi connectivity index (χ2n) is 8.27. The van der Waals surface area contributed by atoms with Crippen LogP contribution in [0.1, 0.15) is 38.2 Å². The van der Waals surface area contributed by atoms with Gasteiger partial charge in [-0.25, -0.2) is 0 Å². The number of benzene rings is 1. The average molecular weight is 419 g/mol. The topological polar surface area (TPSA) is 57.2 Å². The van der Waals surface area contributed by atoms with E-state index in [1.54, 1.807) is 0 Å². The van der Waals surface area contributed by atoms with E-state index in [0.717, 1.165) is 75.9 Å². The summed E-state index contributed by atoms with van der Waals surface area (Å²) in [5, 5.41) is 4.23. The van der Waals surface area contributed by atoms with Gasteiger partial charge in [0.05, 0.1) is 6.54 Å². The molecule has 0 radical (unpaired) electrons. The maximum absolute atomic E-state index is 12.6. The first-order chi connectivity index (χ1) is 14.1. The highest BCUT2D eigenvalue weighted by Gasteiger charge is 2.44. The van der Waals surface area contributed by atoms with Crippen molar-refractivity contribution in [3.05, 3.63) is 34.9 Å². The number of guanidine groups is 1. The number of ether oxygens (including phenoxy) is 1. The van der Waals surface area contributed by atoms with Crippen molar-refractivity contribution in [1.29, 1.82) is 0 Å². The highest BCUT2D eigenvalue weighted by atomic mass is 35.5. The summed E-state index contributed by atoms with van der Waals surface area (Å²) in [6.07, 6.45) is 3.92. The molecule has 0 spiro atoms. The summed E-state index contributed by atoms with van der Waals surface area (Å²) in [4.78, 5) is 21.8. The highest BCUT2D eigenvalue weighted by molar-refractivity contribution is 6.30. The number of hydrogen-bond acceptors (Lipinski definition) is 3. The fourth-order valence-corrected chi connectivity index (χ4v) is 4.46. The summed E-state index contributed by atoms with van der Waals surface area (Å²) in [6.45, 7) is 7.45. The van der Waals surface area contributed by atoms with Crippen LogP contribution in [0.3, 0.4) is 0 Å². The van der Waals surface area contributed by atoms with Crippen LogP contribution in [0.25, 0.3) is 0 Å². The van der Waals surface area contributed by atoms with Crippen molar-refractivity contribution in [2.75, 3.05) is 45.9 Å². The van der Waals surface area contributed by atoms with Crippen molar-refractivity contribution >= 4 is 23.5 Å². The first kappa shape index (κ1) is 20.5. The van der Waals surface area contributed by atoms with Crippen LogP contribution in [0.2, 0.25) is 5.02 Å². The molecule has 1 N–H and O–H groups in total. The molecule has 1 atom stereocenters. The lowest BCUT2D eigenvalue weighted by molar-refractivity contribution is -0.142. The molecule has 1 saturated carbocycles. The van der Waals surface area contributed by atoms with Crippen molar-refractivity contribution in [3.63, 3.8) is 0 Å². The molecule has 1 aromatic rings. The van der Waals surface area contributed by atoms with Crippen LogP contribution in [0.5, 0.6) is 0 Å². The normalized spacial score (nSPS) is 23.9. The minimum Gasteiger partial charge on any atom is -0.368 e. The van der Waals surface area contributed by atoms with Gasteiger partial charge in [0.15, 0.2) is 5.96 Å². The van der Waals surface area contributed by atoms with Gasteiger partial charge in [0.25, 0.3) is 5.91 Å². The van der Waals surface area contributed by atoms with Crippen LogP contribution in [0.4, 0.5) is 0 Å². The Hall–Kier alpha value is -1.79. The number of carbonyl (C=O) groups excluding carboxylic acids is 1. The van der Waals surface area contributed by atoms with E-state index in [1.165, 1.54) is 5.56 Å². The maximum Gasteiger partial charge on any atom is 0.251 e. The monoisotopic (exact) mass is 418 g/mol. The van der Waals surface area contributed by atoms with Gasteiger partial charge in [-0.15, -0.1) is 0 Å². The van der Waals surface area contributed by atoms with Crippen LogP contribution >= 0.6 is 11.6 Å². The summed E-state index contributed by atoms with van der Waals surface area (Å²) in [7, 11) is 0. The van der Waals surface area contributed by atoms with Crippen molar-refractivity contribution in [2.45, 2.75) is 44.1 Å². The summed E-state index contributed by atoms with van der Waals surface area (Å²) >= 11 is 6.20. The molecule has 0 aromatic heterocycles. The SMILES string of the molecule is CCNC(=NCC1(c2cccc(Cl)c2)CC1)N1CCN(C(=O)C2CCCO2)CC1. The molecular formula is C22H31ClN4O2. The van der Waals surface area contributed by atoms with Gasteiger partial charge in [0, 0.05) is 49.8 Å². The van der Waals surface area contributed by atoms with Crippen LogP contribution < -0.4 is 5.32 Å². The Labute approximate surface area is 178 Å². The predicted molar refractivity (Wildman–Crippen MR) is 115 cm³/mol. The number of nitrogens with zero attached hydrogens (tertiary/aromatic N) is 3. The molecule has 1 aromatic carbocycles. The number of hydrogen-bond donors (Lipinski definition) is 1. The summed E-state index contributed by atoms with van der Waals surface area (Å²) < 4.78 is 5.56. The van der Waals surface area contributed by atoms with Crippen LogP contribution in [0, 0.1) is 0 Å². The molecule has 1 unspecified atom stereocenters. The number of halogens is 1. The third-order valence-electron chi connectivity index (χ3n) is 6.25. The van der Waals surface area contributed by atoms with E-state index in [4.69, 9.17) is 21.3 Å². The average Bonchev–Trinajstić information content (AvgIpc) is 3.34. The number of nitrogens with one attached hydrogen (secondary N) is 1. The second kappa shape index (κ2) is 8.92. The van der Waals surface area contributed by atoms with Crippen molar-refractivity contribution in [2.24, 2.45) is 4.99 Å². The highest BCUT2D eigenvalue weighted by Crippen LogP contribution is 2.48. The molecule has 158 valence electrons. The molecule has 2 heterocycles. The lowest BCUT2D eigenvalue weighted by Crippen LogP contribution is -2.55. The Morgan fingerprint density at radius 3 is 2.66 bits per heavy atom. The lowest BCUT2D eigenvalue weighted by atomic mass is 9.96. The smallest absolute Gasteiger partial charge is 0.251 e. The molecular weight excluding hydrogens is 388 g/mol.